The minimum atomic E-state index is -0.888. The minimum Gasteiger partial charge on any atom is -0.508 e. The molecule has 0 saturated heterocycles. The molecule has 0 spiro atoms. The maximum atomic E-state index is 11.1. The topological polar surface area (TPSA) is 72.5 Å². The van der Waals surface area contributed by atoms with E-state index in [2.05, 4.69) is 20.7 Å². The molecule has 76 valence electrons. The van der Waals surface area contributed by atoms with Crippen LogP contribution in [-0.4, -0.2) is 18.2 Å². The van der Waals surface area contributed by atoms with Gasteiger partial charge in [-0.1, -0.05) is 15.9 Å². The molecule has 0 bridgehead atoms. The summed E-state index contributed by atoms with van der Waals surface area (Å²) in [4.78, 5) is 11.1. The Labute approximate surface area is 89.8 Å². The molecule has 0 fully saturated rings. The van der Waals surface area contributed by atoms with E-state index < -0.39 is 12.0 Å². The molecule has 1 aromatic rings. The predicted molar refractivity (Wildman–Crippen MR) is 54.8 cm³/mol. The first kappa shape index (κ1) is 11.0. The molecule has 0 radical (unpaired) electrons. The molecule has 0 aliphatic rings. The van der Waals surface area contributed by atoms with E-state index in [0.717, 1.165) is 0 Å². The van der Waals surface area contributed by atoms with E-state index in [9.17, 15) is 9.90 Å². The van der Waals surface area contributed by atoms with Gasteiger partial charge in [0.2, 0.25) is 0 Å². The van der Waals surface area contributed by atoms with Gasteiger partial charge in [0.1, 0.15) is 11.8 Å². The van der Waals surface area contributed by atoms with Crippen molar-refractivity contribution in [2.45, 2.75) is 6.04 Å². The number of hydrogen-bond acceptors (Lipinski definition) is 4. The molecule has 3 N–H and O–H groups in total. The summed E-state index contributed by atoms with van der Waals surface area (Å²) < 4.78 is 5.16. The molecule has 0 amide bonds. The van der Waals surface area contributed by atoms with E-state index in [1.807, 2.05) is 0 Å². The number of carbonyl (C=O) groups is 1. The number of nitrogens with two attached hydrogens (primary N) is 1. The van der Waals surface area contributed by atoms with Crippen molar-refractivity contribution in [1.29, 1.82) is 0 Å². The Balaban J connectivity index is 3.05. The van der Waals surface area contributed by atoms with Gasteiger partial charge < -0.3 is 15.6 Å². The summed E-state index contributed by atoms with van der Waals surface area (Å²) in [5, 5.41) is 9.21. The van der Waals surface area contributed by atoms with Crippen molar-refractivity contribution < 1.29 is 14.6 Å². The van der Waals surface area contributed by atoms with Gasteiger partial charge in [0, 0.05) is 4.47 Å². The molecule has 0 aromatic heterocycles. The van der Waals surface area contributed by atoms with Crippen molar-refractivity contribution in [2.75, 3.05) is 7.11 Å². The van der Waals surface area contributed by atoms with E-state index >= 15 is 0 Å². The lowest BCUT2D eigenvalue weighted by atomic mass is 10.1. The smallest absolute Gasteiger partial charge is 0.327 e. The number of aromatic hydroxyl groups is 1. The van der Waals surface area contributed by atoms with Crippen LogP contribution in [0.25, 0.3) is 0 Å². The van der Waals surface area contributed by atoms with Crippen molar-refractivity contribution in [3.05, 3.63) is 28.2 Å². The van der Waals surface area contributed by atoms with Crippen LogP contribution in [0.4, 0.5) is 0 Å². The third-order valence-corrected chi connectivity index (χ3v) is 2.49. The van der Waals surface area contributed by atoms with Crippen LogP contribution in [0.3, 0.4) is 0 Å². The maximum absolute atomic E-state index is 11.1. The molecular weight excluding hydrogens is 250 g/mol. The summed E-state index contributed by atoms with van der Waals surface area (Å²) >= 11 is 3.23. The van der Waals surface area contributed by atoms with Crippen molar-refractivity contribution in [2.24, 2.45) is 5.73 Å². The summed E-state index contributed by atoms with van der Waals surface area (Å²) in [6.45, 7) is 0. The Morgan fingerprint density at radius 2 is 2.29 bits per heavy atom. The average molecular weight is 260 g/mol. The van der Waals surface area contributed by atoms with Crippen LogP contribution in [0, 0.1) is 0 Å². The van der Waals surface area contributed by atoms with Crippen LogP contribution in [0.2, 0.25) is 0 Å². The largest absolute Gasteiger partial charge is 0.508 e. The van der Waals surface area contributed by atoms with E-state index in [1.165, 1.54) is 19.2 Å². The molecule has 1 aromatic carbocycles. The van der Waals surface area contributed by atoms with E-state index in [0.29, 0.717) is 10.0 Å². The fourth-order valence-electron chi connectivity index (χ4n) is 1.02. The predicted octanol–water partition coefficient (Wildman–Crippen LogP) is 1.33. The number of esters is 1. The molecule has 0 heterocycles. The quantitative estimate of drug-likeness (QED) is 0.787. The second kappa shape index (κ2) is 4.43. The lowest BCUT2D eigenvalue weighted by Crippen LogP contribution is -2.22. The van der Waals surface area contributed by atoms with Crippen molar-refractivity contribution in [1.82, 2.24) is 0 Å². The summed E-state index contributed by atoms with van der Waals surface area (Å²) in [6.07, 6.45) is 0. The molecule has 1 rings (SSSR count). The Hall–Kier alpha value is -1.07. The highest BCUT2D eigenvalue weighted by Crippen LogP contribution is 2.26. The summed E-state index contributed by atoms with van der Waals surface area (Å²) in [5.74, 6) is -0.487. The molecule has 1 atom stereocenters. The van der Waals surface area contributed by atoms with Crippen molar-refractivity contribution in [3.63, 3.8) is 0 Å². The van der Waals surface area contributed by atoms with Gasteiger partial charge in [-0.15, -0.1) is 0 Å². The van der Waals surface area contributed by atoms with Gasteiger partial charge >= 0.3 is 5.97 Å². The lowest BCUT2D eigenvalue weighted by molar-refractivity contribution is -0.142. The highest BCUT2D eigenvalue weighted by atomic mass is 79.9. The van der Waals surface area contributed by atoms with Crippen LogP contribution < -0.4 is 5.73 Å². The Morgan fingerprint density at radius 3 is 2.86 bits per heavy atom. The molecule has 0 saturated carbocycles. The van der Waals surface area contributed by atoms with Crippen molar-refractivity contribution >= 4 is 21.9 Å². The highest BCUT2D eigenvalue weighted by molar-refractivity contribution is 9.10. The highest BCUT2D eigenvalue weighted by Gasteiger charge is 2.19. The fraction of sp³-hybridized carbons (Fsp3) is 0.222. The van der Waals surface area contributed by atoms with Gasteiger partial charge in [-0.3, -0.25) is 4.79 Å². The number of rotatable bonds is 2. The van der Waals surface area contributed by atoms with Crippen LogP contribution in [0.15, 0.2) is 22.7 Å². The summed E-state index contributed by atoms with van der Waals surface area (Å²) in [7, 11) is 1.26. The van der Waals surface area contributed by atoms with Gasteiger partial charge in [-0.25, -0.2) is 0 Å². The molecule has 0 unspecified atom stereocenters. The van der Waals surface area contributed by atoms with Crippen LogP contribution in [0.5, 0.6) is 5.75 Å². The van der Waals surface area contributed by atoms with Crippen LogP contribution >= 0.6 is 15.9 Å². The molecule has 0 aliphatic heterocycles. The van der Waals surface area contributed by atoms with Gasteiger partial charge in [-0.2, -0.15) is 0 Å². The summed E-state index contributed by atoms with van der Waals surface area (Å²) in [5.41, 5.74) is 6.10. The second-order valence-electron chi connectivity index (χ2n) is 2.71. The first-order valence-corrected chi connectivity index (χ1v) is 4.67. The zero-order valence-electron chi connectivity index (χ0n) is 7.53. The number of halogens is 1. The van der Waals surface area contributed by atoms with Crippen LogP contribution in [0.1, 0.15) is 11.6 Å². The summed E-state index contributed by atoms with van der Waals surface area (Å²) in [6, 6.07) is 3.65. The third-order valence-electron chi connectivity index (χ3n) is 1.77. The number of phenolic OH excluding ortho intramolecular Hbond substituents is 1. The number of ether oxygens (including phenoxy) is 1. The number of phenols is 1. The maximum Gasteiger partial charge on any atom is 0.327 e. The number of carbonyl (C=O) groups excluding carboxylic acids is 1. The first-order valence-electron chi connectivity index (χ1n) is 3.88. The molecule has 4 nitrogen and oxygen atoms in total. The average Bonchev–Trinajstić information content (AvgIpc) is 2.19. The Kier molecular flexibility index (Phi) is 3.49. The number of methoxy groups -OCH3 is 1. The van der Waals surface area contributed by atoms with E-state index in [4.69, 9.17) is 5.73 Å². The van der Waals surface area contributed by atoms with Gasteiger partial charge in [0.25, 0.3) is 0 Å². The standard InChI is InChI=1S/C9H10BrNO3/c1-14-9(13)8(11)6-4-5(12)2-3-7(6)10/h2-4,8,12H,11H2,1H3/t8-/m1/s1. The SMILES string of the molecule is COC(=O)[C@H](N)c1cc(O)ccc1Br. The van der Waals surface area contributed by atoms with E-state index in [1.54, 1.807) is 6.07 Å². The zero-order chi connectivity index (χ0) is 10.7. The number of hydrogen-bond donors (Lipinski definition) is 2. The number of benzene rings is 1. The van der Waals surface area contributed by atoms with Crippen LogP contribution in [-0.2, 0) is 9.53 Å². The Morgan fingerprint density at radius 1 is 1.64 bits per heavy atom. The normalized spacial score (nSPS) is 12.2. The molecule has 5 heteroatoms. The zero-order valence-corrected chi connectivity index (χ0v) is 9.11. The lowest BCUT2D eigenvalue weighted by Gasteiger charge is -2.11. The second-order valence-corrected chi connectivity index (χ2v) is 3.56. The monoisotopic (exact) mass is 259 g/mol. The van der Waals surface area contributed by atoms with Gasteiger partial charge in [-0.05, 0) is 23.8 Å². The van der Waals surface area contributed by atoms with Crippen molar-refractivity contribution in [3.8, 4) is 5.75 Å². The molecule has 14 heavy (non-hydrogen) atoms. The van der Waals surface area contributed by atoms with E-state index in [-0.39, 0.29) is 5.75 Å². The fourth-order valence-corrected chi connectivity index (χ4v) is 1.52. The first-order chi connectivity index (χ1) is 6.56. The van der Waals surface area contributed by atoms with Gasteiger partial charge in [0.15, 0.2) is 0 Å². The van der Waals surface area contributed by atoms with Gasteiger partial charge in [0.05, 0.1) is 7.11 Å². The third kappa shape index (κ3) is 2.24. The molecular formula is C9H10BrNO3. The minimum absolute atomic E-state index is 0.0579. The molecule has 0 aliphatic carbocycles. The Bertz CT molecular complexity index is 354.